The zero-order valence-corrected chi connectivity index (χ0v) is 10.6. The monoisotopic (exact) mass is 296 g/mol. The normalized spacial score (nSPS) is 12.4. The maximum Gasteiger partial charge on any atom is 0.159 e. The van der Waals surface area contributed by atoms with Gasteiger partial charge in [0.1, 0.15) is 0 Å². The first-order chi connectivity index (χ1) is 8.16. The van der Waals surface area contributed by atoms with Gasteiger partial charge in [-0.3, -0.25) is 0 Å². The summed E-state index contributed by atoms with van der Waals surface area (Å²) >= 11 is 3.49. The Morgan fingerprint density at radius 1 is 0.941 bits per heavy atom. The Kier molecular flexibility index (Phi) is 3.89. The molecule has 17 heavy (non-hydrogen) atoms. The maximum atomic E-state index is 13.1. The third-order valence-corrected chi connectivity index (χ3v) is 3.42. The minimum atomic E-state index is -0.812. The second-order valence-electron chi connectivity index (χ2n) is 3.83. The summed E-state index contributed by atoms with van der Waals surface area (Å²) in [4.78, 5) is -0.0139. The molecule has 2 aromatic rings. The summed E-state index contributed by atoms with van der Waals surface area (Å²) in [5.74, 6) is -1.62. The van der Waals surface area contributed by atoms with E-state index in [1.807, 2.05) is 30.3 Å². The van der Waals surface area contributed by atoms with Crippen LogP contribution in [0.4, 0.5) is 8.78 Å². The van der Waals surface area contributed by atoms with Crippen molar-refractivity contribution in [1.29, 1.82) is 0 Å². The highest BCUT2D eigenvalue weighted by Gasteiger charge is 2.11. The molecular weight excluding hydrogens is 286 g/mol. The summed E-state index contributed by atoms with van der Waals surface area (Å²) in [5, 5.41) is 0. The Balaban J connectivity index is 2.14. The summed E-state index contributed by atoms with van der Waals surface area (Å²) in [6.45, 7) is 0. The van der Waals surface area contributed by atoms with Crippen molar-refractivity contribution in [3.05, 3.63) is 71.3 Å². The van der Waals surface area contributed by atoms with E-state index in [4.69, 9.17) is 0 Å². The first-order valence-electron chi connectivity index (χ1n) is 5.30. The maximum absolute atomic E-state index is 13.1. The molecule has 0 nitrogen and oxygen atoms in total. The Bertz CT molecular complexity index is 497. The van der Waals surface area contributed by atoms with Crippen LogP contribution in [0.25, 0.3) is 0 Å². The lowest BCUT2D eigenvalue weighted by Gasteiger charge is -2.10. The summed E-state index contributed by atoms with van der Waals surface area (Å²) < 4.78 is 25.9. The van der Waals surface area contributed by atoms with Gasteiger partial charge in [-0.15, -0.1) is 0 Å². The molecule has 0 N–H and O–H groups in total. The van der Waals surface area contributed by atoms with Crippen LogP contribution in [0.1, 0.15) is 16.0 Å². The van der Waals surface area contributed by atoms with E-state index < -0.39 is 11.6 Å². The van der Waals surface area contributed by atoms with Gasteiger partial charge in [0.2, 0.25) is 0 Å². The van der Waals surface area contributed by atoms with E-state index in [1.165, 1.54) is 6.07 Å². The van der Waals surface area contributed by atoms with Crippen LogP contribution < -0.4 is 0 Å². The summed E-state index contributed by atoms with van der Waals surface area (Å²) in [6, 6.07) is 13.9. The number of rotatable bonds is 3. The molecule has 0 saturated heterocycles. The average Bonchev–Trinajstić information content (AvgIpc) is 2.34. The second kappa shape index (κ2) is 5.41. The molecule has 0 amide bonds. The van der Waals surface area contributed by atoms with Crippen LogP contribution in [-0.2, 0) is 6.42 Å². The van der Waals surface area contributed by atoms with E-state index in [1.54, 1.807) is 6.07 Å². The second-order valence-corrected chi connectivity index (χ2v) is 4.94. The molecule has 3 heteroatoms. The van der Waals surface area contributed by atoms with Gasteiger partial charge in [-0.2, -0.15) is 0 Å². The molecule has 1 atom stereocenters. The first-order valence-corrected chi connectivity index (χ1v) is 6.21. The topological polar surface area (TPSA) is 0 Å². The number of alkyl halides is 1. The Labute approximate surface area is 107 Å². The van der Waals surface area contributed by atoms with Crippen molar-refractivity contribution in [2.75, 3.05) is 0 Å². The van der Waals surface area contributed by atoms with Crippen molar-refractivity contribution < 1.29 is 8.78 Å². The van der Waals surface area contributed by atoms with E-state index in [2.05, 4.69) is 15.9 Å². The number of hydrogen-bond acceptors (Lipinski definition) is 0. The highest BCUT2D eigenvalue weighted by molar-refractivity contribution is 9.09. The standard InChI is InChI=1S/C14H11BrF2/c15-12(8-10-4-2-1-3-5-10)11-6-7-13(16)14(17)9-11/h1-7,9,12H,8H2. The molecule has 0 fully saturated rings. The van der Waals surface area contributed by atoms with Gasteiger partial charge < -0.3 is 0 Å². The molecule has 0 aliphatic heterocycles. The van der Waals surface area contributed by atoms with E-state index in [0.29, 0.717) is 0 Å². The van der Waals surface area contributed by atoms with Gasteiger partial charge in [-0.05, 0) is 29.7 Å². The van der Waals surface area contributed by atoms with Crippen molar-refractivity contribution in [1.82, 2.24) is 0 Å². The molecular formula is C14H11BrF2. The predicted molar refractivity (Wildman–Crippen MR) is 68.2 cm³/mol. The van der Waals surface area contributed by atoms with Crippen LogP contribution >= 0.6 is 15.9 Å². The third-order valence-electron chi connectivity index (χ3n) is 2.56. The molecule has 0 aromatic heterocycles. The number of benzene rings is 2. The highest BCUT2D eigenvalue weighted by Crippen LogP contribution is 2.27. The molecule has 0 bridgehead atoms. The Morgan fingerprint density at radius 3 is 2.29 bits per heavy atom. The van der Waals surface area contributed by atoms with Gasteiger partial charge >= 0.3 is 0 Å². The van der Waals surface area contributed by atoms with Crippen LogP contribution in [0.15, 0.2) is 48.5 Å². The lowest BCUT2D eigenvalue weighted by molar-refractivity contribution is 0.507. The molecule has 0 saturated carbocycles. The van der Waals surface area contributed by atoms with Gasteiger partial charge in [-0.25, -0.2) is 8.78 Å². The van der Waals surface area contributed by atoms with Crippen LogP contribution in [0.5, 0.6) is 0 Å². The third kappa shape index (κ3) is 3.13. The van der Waals surface area contributed by atoms with Crippen molar-refractivity contribution in [3.8, 4) is 0 Å². The number of hydrogen-bond donors (Lipinski definition) is 0. The molecule has 0 aliphatic carbocycles. The molecule has 2 rings (SSSR count). The summed E-state index contributed by atoms with van der Waals surface area (Å²) in [7, 11) is 0. The van der Waals surface area contributed by atoms with E-state index >= 15 is 0 Å². The van der Waals surface area contributed by atoms with Crippen LogP contribution in [-0.4, -0.2) is 0 Å². The van der Waals surface area contributed by atoms with Crippen molar-refractivity contribution in [2.24, 2.45) is 0 Å². The predicted octanol–water partition coefficient (Wildman–Crippen LogP) is 4.64. The first kappa shape index (κ1) is 12.2. The van der Waals surface area contributed by atoms with Crippen molar-refractivity contribution in [2.45, 2.75) is 11.2 Å². The zero-order chi connectivity index (χ0) is 12.3. The largest absolute Gasteiger partial charge is 0.204 e. The SMILES string of the molecule is Fc1ccc(C(Br)Cc2ccccc2)cc1F. The van der Waals surface area contributed by atoms with E-state index in [0.717, 1.165) is 23.6 Å². The fourth-order valence-electron chi connectivity index (χ4n) is 1.65. The van der Waals surface area contributed by atoms with Crippen molar-refractivity contribution >= 4 is 15.9 Å². The molecule has 88 valence electrons. The molecule has 0 radical (unpaired) electrons. The van der Waals surface area contributed by atoms with Gasteiger partial charge in [0.05, 0.1) is 0 Å². The zero-order valence-electron chi connectivity index (χ0n) is 9.04. The van der Waals surface area contributed by atoms with Crippen LogP contribution in [0, 0.1) is 11.6 Å². The number of halogens is 3. The average molecular weight is 297 g/mol. The summed E-state index contributed by atoms with van der Waals surface area (Å²) in [5.41, 5.74) is 1.90. The van der Waals surface area contributed by atoms with E-state index in [9.17, 15) is 8.78 Å². The quantitative estimate of drug-likeness (QED) is 0.724. The molecule has 2 aromatic carbocycles. The van der Waals surface area contributed by atoms with E-state index in [-0.39, 0.29) is 4.83 Å². The Hall–Kier alpha value is -1.22. The van der Waals surface area contributed by atoms with Gasteiger partial charge in [0, 0.05) is 4.83 Å². The van der Waals surface area contributed by atoms with Gasteiger partial charge in [-0.1, -0.05) is 52.3 Å². The fraction of sp³-hybridized carbons (Fsp3) is 0.143. The van der Waals surface area contributed by atoms with Crippen LogP contribution in [0.3, 0.4) is 0 Å². The molecule has 0 aliphatic rings. The molecule has 0 heterocycles. The molecule has 1 unspecified atom stereocenters. The highest BCUT2D eigenvalue weighted by atomic mass is 79.9. The fourth-order valence-corrected chi connectivity index (χ4v) is 2.30. The Morgan fingerprint density at radius 2 is 1.65 bits per heavy atom. The van der Waals surface area contributed by atoms with Crippen LogP contribution in [0.2, 0.25) is 0 Å². The minimum Gasteiger partial charge on any atom is -0.204 e. The summed E-state index contributed by atoms with van der Waals surface area (Å²) in [6.07, 6.45) is 0.742. The van der Waals surface area contributed by atoms with Gasteiger partial charge in [0.15, 0.2) is 11.6 Å². The van der Waals surface area contributed by atoms with Crippen molar-refractivity contribution in [3.63, 3.8) is 0 Å². The van der Waals surface area contributed by atoms with Gasteiger partial charge in [0.25, 0.3) is 0 Å². The minimum absolute atomic E-state index is 0.0139. The lowest BCUT2D eigenvalue weighted by Crippen LogP contribution is -1.97. The lowest BCUT2D eigenvalue weighted by atomic mass is 10.0. The smallest absolute Gasteiger partial charge is 0.159 e. The molecule has 0 spiro atoms.